The molecule has 2 aliphatic heterocycles. The number of halogens is 1. The number of nitrogens with one attached hydrogen (secondary N) is 1. The van der Waals surface area contributed by atoms with Gasteiger partial charge in [-0.2, -0.15) is 0 Å². The average Bonchev–Trinajstić information content (AvgIpc) is 3.02. The number of thioether (sulfide) groups is 1. The second-order valence-corrected chi connectivity index (χ2v) is 13.8. The van der Waals surface area contributed by atoms with Crippen molar-refractivity contribution in [3.05, 3.63) is 76.8 Å². The maximum atomic E-state index is 15.6. The molecule has 0 radical (unpaired) electrons. The highest BCUT2D eigenvalue weighted by Crippen LogP contribution is 2.54. The lowest BCUT2D eigenvalue weighted by Crippen LogP contribution is -2.80. The number of nitrogens with zero attached hydrogens (tertiary/aromatic N) is 1. The average molecular weight is 580 g/mol. The second kappa shape index (κ2) is 10.6. The summed E-state index contributed by atoms with van der Waals surface area (Å²) in [5.41, 5.74) is 0.235. The van der Waals surface area contributed by atoms with Gasteiger partial charge < -0.3 is 10.4 Å². The van der Waals surface area contributed by atoms with Crippen molar-refractivity contribution in [2.24, 2.45) is 11.3 Å². The van der Waals surface area contributed by atoms with Gasteiger partial charge in [-0.1, -0.05) is 74.8 Å². The first-order chi connectivity index (χ1) is 18.9. The van der Waals surface area contributed by atoms with Gasteiger partial charge in [-0.3, -0.25) is 4.79 Å². The zero-order chi connectivity index (χ0) is 28.9. The van der Waals surface area contributed by atoms with Gasteiger partial charge >= 0.3 is 11.9 Å². The van der Waals surface area contributed by atoms with E-state index in [4.69, 9.17) is 11.6 Å². The Hall–Kier alpha value is -2.71. The van der Waals surface area contributed by atoms with Crippen LogP contribution in [0.3, 0.4) is 0 Å². The maximum Gasteiger partial charge on any atom is 0.367 e. The van der Waals surface area contributed by atoms with Crippen LogP contribution >= 0.6 is 23.4 Å². The minimum atomic E-state index is -1.69. The monoisotopic (exact) mass is 579 g/mol. The van der Waals surface area contributed by atoms with Gasteiger partial charge in [0.2, 0.25) is 5.54 Å². The van der Waals surface area contributed by atoms with Gasteiger partial charge in [0.25, 0.3) is 0 Å². The molecular formula is C32H36ClN2O4S+. The minimum absolute atomic E-state index is 0.149. The van der Waals surface area contributed by atoms with Crippen LogP contribution < -0.4 is 9.80 Å². The van der Waals surface area contributed by atoms with Crippen molar-refractivity contribution in [2.45, 2.75) is 50.7 Å². The number of piperidine rings is 1. The van der Waals surface area contributed by atoms with E-state index < -0.39 is 32.6 Å². The number of carbonyl (C=O) groups is 3. The first-order valence-electron chi connectivity index (χ1n) is 13.7. The summed E-state index contributed by atoms with van der Waals surface area (Å²) in [4.78, 5) is 42.6. The SMILES string of the molecule is CC(=O)[C@H]1CNCC[C@]1(C(=O)O)[N@+]1(CC(C)(C)C)C(=O)C(c2cc(Cl)cc3ccccc23)SCc2ccccc21. The molecule has 4 atom stereocenters. The summed E-state index contributed by atoms with van der Waals surface area (Å²) >= 11 is 8.12. The second-order valence-electron chi connectivity index (χ2n) is 12.2. The van der Waals surface area contributed by atoms with Gasteiger partial charge in [0.15, 0.2) is 0 Å². The molecule has 1 saturated heterocycles. The fourth-order valence-electron chi connectivity index (χ4n) is 6.96. The van der Waals surface area contributed by atoms with Crippen LogP contribution in [0.15, 0.2) is 60.7 Å². The van der Waals surface area contributed by atoms with E-state index in [9.17, 15) is 14.7 Å². The van der Waals surface area contributed by atoms with E-state index in [1.165, 1.54) is 18.7 Å². The molecule has 2 aliphatic rings. The molecular weight excluding hydrogens is 544 g/mol. The number of fused-ring (bicyclic) bond motifs is 2. The molecule has 3 aromatic carbocycles. The molecule has 1 fully saturated rings. The summed E-state index contributed by atoms with van der Waals surface area (Å²) in [5, 5.41) is 16.2. The summed E-state index contributed by atoms with van der Waals surface area (Å²) in [5.74, 6) is -1.92. The number of benzene rings is 3. The fraction of sp³-hybridized carbons (Fsp3) is 0.406. The number of carboxylic acids is 1. The molecule has 8 heteroatoms. The van der Waals surface area contributed by atoms with E-state index in [0.717, 1.165) is 21.9 Å². The van der Waals surface area contributed by atoms with Crippen LogP contribution in [0.1, 0.15) is 50.5 Å². The third-order valence-corrected chi connectivity index (χ3v) is 9.90. The van der Waals surface area contributed by atoms with Gasteiger partial charge in [-0.05, 0) is 41.5 Å². The number of rotatable bonds is 5. The Morgan fingerprint density at radius 1 is 1.12 bits per heavy atom. The number of quaternary nitrogens is 1. The van der Waals surface area contributed by atoms with E-state index >= 15 is 4.79 Å². The Morgan fingerprint density at radius 2 is 1.82 bits per heavy atom. The number of Topliss-reactive ketones (excluding diaryl/α,β-unsaturated/α-hetero) is 1. The standard InChI is InChI=1S/C32H35ClN2O4S/c1-20(36)26-17-34-14-13-32(26,30(38)39)35(19-31(2,3)4)27-12-8-6-10-22(27)18-40-28(29(35)37)25-16-23(33)15-21-9-5-7-11-24(21)25/h5-12,15-16,26,28,34H,13-14,17-19H2,1-4H3/p+1/t26-,28?,32+,35+/m1/s1. The minimum Gasteiger partial charge on any atom is -0.477 e. The number of carbonyl (C=O) groups excluding carboxylic acids is 2. The van der Waals surface area contributed by atoms with E-state index in [1.54, 1.807) is 0 Å². The zero-order valence-corrected chi connectivity index (χ0v) is 24.9. The molecule has 6 nitrogen and oxygen atoms in total. The van der Waals surface area contributed by atoms with E-state index in [1.807, 2.05) is 81.4 Å². The van der Waals surface area contributed by atoms with Crippen molar-refractivity contribution in [1.82, 2.24) is 9.80 Å². The summed E-state index contributed by atoms with van der Waals surface area (Å²) in [7, 11) is 0. The molecule has 1 amide bonds. The van der Waals surface area contributed by atoms with E-state index in [-0.39, 0.29) is 31.2 Å². The number of para-hydroxylation sites is 1. The van der Waals surface area contributed by atoms with Crippen LogP contribution in [-0.2, 0) is 20.1 Å². The highest BCUT2D eigenvalue weighted by molar-refractivity contribution is 7.99. The van der Waals surface area contributed by atoms with Gasteiger partial charge in [-0.25, -0.2) is 14.1 Å². The Bertz CT molecular complexity index is 1500. The first-order valence-corrected chi connectivity index (χ1v) is 15.1. The smallest absolute Gasteiger partial charge is 0.367 e. The molecule has 0 bridgehead atoms. The lowest BCUT2D eigenvalue weighted by atomic mass is 9.70. The van der Waals surface area contributed by atoms with Crippen LogP contribution in [0.2, 0.25) is 5.02 Å². The molecule has 0 spiro atoms. The molecule has 2 heterocycles. The molecule has 0 aliphatic carbocycles. The van der Waals surface area contributed by atoms with Crippen molar-refractivity contribution >= 4 is 57.5 Å². The quantitative estimate of drug-likeness (QED) is 0.341. The van der Waals surface area contributed by atoms with Crippen LogP contribution in [0.4, 0.5) is 5.69 Å². The molecule has 40 heavy (non-hydrogen) atoms. The topological polar surface area (TPSA) is 83.5 Å². The Morgan fingerprint density at radius 3 is 2.52 bits per heavy atom. The lowest BCUT2D eigenvalue weighted by molar-refractivity contribution is -0.168. The lowest BCUT2D eigenvalue weighted by Gasteiger charge is -2.55. The van der Waals surface area contributed by atoms with Crippen LogP contribution in [-0.4, -0.2) is 47.9 Å². The summed E-state index contributed by atoms with van der Waals surface area (Å²) in [6.45, 7) is 8.38. The van der Waals surface area contributed by atoms with Crippen LogP contribution in [0.5, 0.6) is 0 Å². The number of amides is 1. The molecule has 3 aromatic rings. The number of aliphatic carboxylic acids is 1. The number of ketones is 1. The van der Waals surface area contributed by atoms with Crippen molar-refractivity contribution in [2.75, 3.05) is 19.6 Å². The number of hydrogen-bond acceptors (Lipinski definition) is 5. The van der Waals surface area contributed by atoms with Crippen molar-refractivity contribution in [1.29, 1.82) is 0 Å². The van der Waals surface area contributed by atoms with Gasteiger partial charge in [0, 0.05) is 41.3 Å². The third-order valence-electron chi connectivity index (χ3n) is 8.41. The van der Waals surface area contributed by atoms with Crippen molar-refractivity contribution in [3.8, 4) is 0 Å². The molecule has 210 valence electrons. The first kappa shape index (κ1) is 28.8. The third kappa shape index (κ3) is 4.57. The molecule has 0 aromatic heterocycles. The predicted octanol–water partition coefficient (Wildman–Crippen LogP) is 6.38. The molecule has 1 unspecified atom stereocenters. The Balaban J connectivity index is 1.90. The van der Waals surface area contributed by atoms with Crippen molar-refractivity contribution < 1.29 is 19.5 Å². The Labute approximate surface area is 244 Å². The number of carboxylic acid groups (broad SMARTS) is 1. The van der Waals surface area contributed by atoms with E-state index in [0.29, 0.717) is 23.0 Å². The van der Waals surface area contributed by atoms with Gasteiger partial charge in [0.05, 0.1) is 12.5 Å². The summed E-state index contributed by atoms with van der Waals surface area (Å²) in [6.07, 6.45) is 0.149. The normalized spacial score (nSPS) is 27.2. The molecule has 0 saturated carbocycles. The van der Waals surface area contributed by atoms with Crippen LogP contribution in [0.25, 0.3) is 10.8 Å². The Kier molecular flexibility index (Phi) is 7.64. The van der Waals surface area contributed by atoms with E-state index in [2.05, 4.69) is 5.32 Å². The fourth-order valence-corrected chi connectivity index (χ4v) is 8.48. The molecule has 5 rings (SSSR count). The van der Waals surface area contributed by atoms with Crippen LogP contribution in [0, 0.1) is 11.3 Å². The zero-order valence-electron chi connectivity index (χ0n) is 23.4. The van der Waals surface area contributed by atoms with Gasteiger partial charge in [-0.15, -0.1) is 11.8 Å². The predicted molar refractivity (Wildman–Crippen MR) is 163 cm³/mol. The largest absolute Gasteiger partial charge is 0.477 e. The summed E-state index contributed by atoms with van der Waals surface area (Å²) < 4.78 is -0.424. The number of hydrogen-bond donors (Lipinski definition) is 2. The molecule has 2 N–H and O–H groups in total. The maximum absolute atomic E-state index is 15.6. The van der Waals surface area contributed by atoms with Crippen molar-refractivity contribution in [3.63, 3.8) is 0 Å². The summed E-state index contributed by atoms with van der Waals surface area (Å²) in [6, 6.07) is 19.3. The highest BCUT2D eigenvalue weighted by atomic mass is 35.5. The van der Waals surface area contributed by atoms with Gasteiger partial charge in [0.1, 0.15) is 16.7 Å². The highest BCUT2D eigenvalue weighted by Gasteiger charge is 2.70.